The summed E-state index contributed by atoms with van der Waals surface area (Å²) in [7, 11) is 0. The number of anilines is 2. The first kappa shape index (κ1) is 15.0. The molecule has 3 nitrogen and oxygen atoms in total. The van der Waals surface area contributed by atoms with Gasteiger partial charge in [-0.15, -0.1) is 0 Å². The lowest BCUT2D eigenvalue weighted by Gasteiger charge is -2.34. The van der Waals surface area contributed by atoms with Crippen molar-refractivity contribution in [1.29, 1.82) is 0 Å². The number of benzene rings is 2. The van der Waals surface area contributed by atoms with Crippen LogP contribution >= 0.6 is 11.6 Å². The number of hydrogen-bond acceptors (Lipinski definition) is 3. The van der Waals surface area contributed by atoms with Crippen molar-refractivity contribution in [2.24, 2.45) is 0 Å². The molecule has 0 atom stereocenters. The highest BCUT2D eigenvalue weighted by molar-refractivity contribution is 6.33. The molecule has 0 radical (unpaired) electrons. The third kappa shape index (κ3) is 3.45. The molecule has 0 bridgehead atoms. The van der Waals surface area contributed by atoms with Crippen LogP contribution in [0.1, 0.15) is 12.8 Å². The summed E-state index contributed by atoms with van der Waals surface area (Å²) in [6.45, 7) is 1.70. The van der Waals surface area contributed by atoms with Gasteiger partial charge < -0.3 is 15.4 Å². The van der Waals surface area contributed by atoms with Crippen LogP contribution in [-0.2, 0) is 0 Å². The SMILES string of the molecule is Nc1ccc(N2CCC(Oc3cccc(F)c3)CC2)c(Cl)c1. The molecule has 0 saturated carbocycles. The fraction of sp³-hybridized carbons (Fsp3) is 0.294. The molecule has 0 unspecified atom stereocenters. The Bertz CT molecular complexity index is 657. The second-order valence-electron chi connectivity index (χ2n) is 5.47. The average Bonchev–Trinajstić information content (AvgIpc) is 2.48. The lowest BCUT2D eigenvalue weighted by atomic mass is 10.1. The Hall–Kier alpha value is -1.94. The van der Waals surface area contributed by atoms with Crippen LogP contribution in [0.3, 0.4) is 0 Å². The van der Waals surface area contributed by atoms with Crippen LogP contribution in [0.15, 0.2) is 42.5 Å². The highest BCUT2D eigenvalue weighted by Crippen LogP contribution is 2.30. The van der Waals surface area contributed by atoms with Gasteiger partial charge >= 0.3 is 0 Å². The van der Waals surface area contributed by atoms with Gasteiger partial charge in [0.1, 0.15) is 17.7 Å². The van der Waals surface area contributed by atoms with Crippen LogP contribution in [0.5, 0.6) is 5.75 Å². The lowest BCUT2D eigenvalue weighted by molar-refractivity contribution is 0.170. The summed E-state index contributed by atoms with van der Waals surface area (Å²) in [5, 5.41) is 0.671. The second kappa shape index (κ2) is 6.44. The quantitative estimate of drug-likeness (QED) is 0.865. The highest BCUT2D eigenvalue weighted by atomic mass is 35.5. The van der Waals surface area contributed by atoms with E-state index < -0.39 is 0 Å². The molecule has 0 aromatic heterocycles. The normalized spacial score (nSPS) is 15.8. The molecule has 116 valence electrons. The van der Waals surface area contributed by atoms with Gasteiger partial charge in [0.15, 0.2) is 0 Å². The summed E-state index contributed by atoms with van der Waals surface area (Å²) < 4.78 is 19.0. The third-order valence-corrected chi connectivity index (χ3v) is 4.16. The zero-order valence-corrected chi connectivity index (χ0v) is 12.9. The van der Waals surface area contributed by atoms with E-state index in [0.717, 1.165) is 31.6 Å². The first-order chi connectivity index (χ1) is 10.6. The number of nitrogens with two attached hydrogens (primary N) is 1. The van der Waals surface area contributed by atoms with Crippen LogP contribution in [0.25, 0.3) is 0 Å². The summed E-state index contributed by atoms with van der Waals surface area (Å²) in [6, 6.07) is 11.9. The first-order valence-electron chi connectivity index (χ1n) is 7.34. The van der Waals surface area contributed by atoms with E-state index >= 15 is 0 Å². The summed E-state index contributed by atoms with van der Waals surface area (Å²) in [6.07, 6.45) is 1.85. The minimum absolute atomic E-state index is 0.102. The molecule has 0 spiro atoms. The number of halogens is 2. The van der Waals surface area contributed by atoms with Crippen molar-refractivity contribution in [3.8, 4) is 5.75 Å². The molecule has 5 heteroatoms. The van der Waals surface area contributed by atoms with Gasteiger partial charge in [-0.2, -0.15) is 0 Å². The molecular formula is C17H18ClFN2O. The van der Waals surface area contributed by atoms with E-state index in [1.54, 1.807) is 18.2 Å². The van der Waals surface area contributed by atoms with Crippen LogP contribution in [0.4, 0.5) is 15.8 Å². The molecule has 1 aliphatic rings. The summed E-state index contributed by atoms with van der Waals surface area (Å²) >= 11 is 6.25. The second-order valence-corrected chi connectivity index (χ2v) is 5.88. The fourth-order valence-electron chi connectivity index (χ4n) is 2.73. The van der Waals surface area contributed by atoms with E-state index in [9.17, 15) is 4.39 Å². The minimum atomic E-state index is -0.274. The van der Waals surface area contributed by atoms with E-state index in [2.05, 4.69) is 4.90 Å². The molecule has 1 aliphatic heterocycles. The van der Waals surface area contributed by atoms with Crippen LogP contribution in [-0.4, -0.2) is 19.2 Å². The maximum absolute atomic E-state index is 13.2. The Morgan fingerprint density at radius 3 is 2.59 bits per heavy atom. The van der Waals surface area contributed by atoms with E-state index in [1.165, 1.54) is 12.1 Å². The maximum Gasteiger partial charge on any atom is 0.126 e. The van der Waals surface area contributed by atoms with Crippen molar-refractivity contribution in [2.75, 3.05) is 23.7 Å². The van der Waals surface area contributed by atoms with E-state index in [4.69, 9.17) is 22.1 Å². The number of piperidine rings is 1. The number of rotatable bonds is 3. The molecule has 1 saturated heterocycles. The Morgan fingerprint density at radius 1 is 1.14 bits per heavy atom. The van der Waals surface area contributed by atoms with E-state index in [1.807, 2.05) is 12.1 Å². The number of nitrogens with zero attached hydrogens (tertiary/aromatic N) is 1. The molecule has 1 heterocycles. The Balaban J connectivity index is 1.60. The number of hydrogen-bond donors (Lipinski definition) is 1. The smallest absolute Gasteiger partial charge is 0.126 e. The van der Waals surface area contributed by atoms with Gasteiger partial charge in [0.2, 0.25) is 0 Å². The Kier molecular flexibility index (Phi) is 4.39. The van der Waals surface area contributed by atoms with E-state index in [0.29, 0.717) is 16.5 Å². The van der Waals surface area contributed by atoms with Crippen LogP contribution in [0.2, 0.25) is 5.02 Å². The van der Waals surface area contributed by atoms with Gasteiger partial charge in [0, 0.05) is 37.7 Å². The van der Waals surface area contributed by atoms with Gasteiger partial charge in [-0.05, 0) is 30.3 Å². The minimum Gasteiger partial charge on any atom is -0.490 e. The number of ether oxygens (including phenoxy) is 1. The Labute approximate surface area is 134 Å². The van der Waals surface area contributed by atoms with Gasteiger partial charge in [0.05, 0.1) is 10.7 Å². The van der Waals surface area contributed by atoms with Gasteiger partial charge in [-0.25, -0.2) is 4.39 Å². The van der Waals surface area contributed by atoms with Crippen LogP contribution in [0, 0.1) is 5.82 Å². The van der Waals surface area contributed by atoms with Gasteiger partial charge in [-0.3, -0.25) is 0 Å². The molecule has 2 N–H and O–H groups in total. The van der Waals surface area contributed by atoms with Crippen molar-refractivity contribution in [3.05, 3.63) is 53.3 Å². The molecule has 3 rings (SSSR count). The Morgan fingerprint density at radius 2 is 1.91 bits per heavy atom. The van der Waals surface area contributed by atoms with Crippen molar-refractivity contribution >= 4 is 23.0 Å². The summed E-state index contributed by atoms with van der Waals surface area (Å²) in [5.74, 6) is 0.313. The first-order valence-corrected chi connectivity index (χ1v) is 7.72. The largest absolute Gasteiger partial charge is 0.490 e. The summed E-state index contributed by atoms with van der Waals surface area (Å²) in [5.41, 5.74) is 7.39. The molecule has 0 amide bonds. The topological polar surface area (TPSA) is 38.5 Å². The molecule has 1 fully saturated rings. The predicted octanol–water partition coefficient (Wildman–Crippen LogP) is 4.11. The predicted molar refractivity (Wildman–Crippen MR) is 88.1 cm³/mol. The summed E-state index contributed by atoms with van der Waals surface area (Å²) in [4.78, 5) is 2.23. The van der Waals surface area contributed by atoms with Gasteiger partial charge in [-0.1, -0.05) is 17.7 Å². The zero-order valence-electron chi connectivity index (χ0n) is 12.1. The average molecular weight is 321 g/mol. The molecule has 0 aliphatic carbocycles. The van der Waals surface area contributed by atoms with Crippen molar-refractivity contribution in [2.45, 2.75) is 18.9 Å². The van der Waals surface area contributed by atoms with Crippen molar-refractivity contribution in [3.63, 3.8) is 0 Å². The standard InChI is InChI=1S/C17H18ClFN2O/c18-16-11-13(20)4-5-17(16)21-8-6-14(7-9-21)22-15-3-1-2-12(19)10-15/h1-5,10-11,14H,6-9,20H2. The van der Waals surface area contributed by atoms with E-state index in [-0.39, 0.29) is 11.9 Å². The number of nitrogen functional groups attached to an aromatic ring is 1. The zero-order chi connectivity index (χ0) is 15.5. The monoisotopic (exact) mass is 320 g/mol. The lowest BCUT2D eigenvalue weighted by Crippen LogP contribution is -2.38. The maximum atomic E-state index is 13.2. The highest BCUT2D eigenvalue weighted by Gasteiger charge is 2.22. The fourth-order valence-corrected chi connectivity index (χ4v) is 3.04. The molecule has 2 aromatic rings. The molecule has 2 aromatic carbocycles. The molecule has 22 heavy (non-hydrogen) atoms. The van der Waals surface area contributed by atoms with Crippen LogP contribution < -0.4 is 15.4 Å². The van der Waals surface area contributed by atoms with Gasteiger partial charge in [0.25, 0.3) is 0 Å². The van der Waals surface area contributed by atoms with Crippen molar-refractivity contribution in [1.82, 2.24) is 0 Å². The molecular weight excluding hydrogens is 303 g/mol. The van der Waals surface area contributed by atoms with Crippen molar-refractivity contribution < 1.29 is 9.13 Å². The third-order valence-electron chi connectivity index (χ3n) is 3.85.